The molecule has 0 saturated heterocycles. The quantitative estimate of drug-likeness (QED) is 0.390. The Kier molecular flexibility index (Phi) is 7.59. The van der Waals surface area contributed by atoms with Crippen molar-refractivity contribution < 1.29 is 13.6 Å². The number of nitrogens with zero attached hydrogens (tertiary/aromatic N) is 4. The normalized spacial score (nSPS) is 15.5. The van der Waals surface area contributed by atoms with Gasteiger partial charge in [-0.05, 0) is 59.9 Å². The van der Waals surface area contributed by atoms with E-state index in [2.05, 4.69) is 19.9 Å². The molecule has 2 aromatic rings. The van der Waals surface area contributed by atoms with Gasteiger partial charge in [0.1, 0.15) is 11.4 Å². The van der Waals surface area contributed by atoms with E-state index >= 15 is 0 Å². The maximum atomic E-state index is 13.6. The summed E-state index contributed by atoms with van der Waals surface area (Å²) in [4.78, 5) is 26.3. The van der Waals surface area contributed by atoms with Gasteiger partial charge in [0.2, 0.25) is 0 Å². The maximum Gasteiger partial charge on any atom is 0.300 e. The van der Waals surface area contributed by atoms with Gasteiger partial charge in [-0.25, -0.2) is 4.98 Å². The van der Waals surface area contributed by atoms with Crippen LogP contribution < -0.4 is 5.73 Å². The van der Waals surface area contributed by atoms with Crippen LogP contribution in [0, 0.1) is 0 Å². The predicted octanol–water partition coefficient (Wildman–Crippen LogP) is 3.72. The van der Waals surface area contributed by atoms with Crippen molar-refractivity contribution in [3.63, 3.8) is 0 Å². The maximum absolute atomic E-state index is 13.6. The molecule has 168 valence electrons. The van der Waals surface area contributed by atoms with Gasteiger partial charge in [-0.2, -0.15) is 8.78 Å². The summed E-state index contributed by atoms with van der Waals surface area (Å²) in [6.45, 7) is 3.58. The lowest BCUT2D eigenvalue weighted by molar-refractivity contribution is 0.0981. The van der Waals surface area contributed by atoms with E-state index in [1.165, 1.54) is 21.5 Å². The molecule has 0 bridgehead atoms. The van der Waals surface area contributed by atoms with Crippen molar-refractivity contribution in [3.05, 3.63) is 76.4 Å². The second-order valence-electron chi connectivity index (χ2n) is 7.51. The van der Waals surface area contributed by atoms with Crippen molar-refractivity contribution in [1.82, 2.24) is 14.9 Å². The van der Waals surface area contributed by atoms with E-state index in [0.717, 1.165) is 34.5 Å². The minimum atomic E-state index is -3.07. The molecular formula is C23H26F2N5OP. The smallest absolute Gasteiger partial charge is 0.300 e. The first-order valence-corrected chi connectivity index (χ1v) is 10.7. The number of hydrogen-bond acceptors (Lipinski definition) is 5. The van der Waals surface area contributed by atoms with Crippen LogP contribution in [0.15, 0.2) is 47.6 Å². The van der Waals surface area contributed by atoms with Gasteiger partial charge in [0.25, 0.3) is 11.6 Å². The lowest BCUT2D eigenvalue weighted by Crippen LogP contribution is -2.32. The molecule has 1 aliphatic rings. The zero-order valence-electron chi connectivity index (χ0n) is 18.1. The highest BCUT2D eigenvalue weighted by atomic mass is 31.0. The van der Waals surface area contributed by atoms with Crippen molar-refractivity contribution in [1.29, 1.82) is 0 Å². The molecule has 6 nitrogen and oxygen atoms in total. The Bertz CT molecular complexity index is 1090. The van der Waals surface area contributed by atoms with E-state index in [1.807, 2.05) is 25.2 Å². The molecule has 9 heteroatoms. The molecule has 1 amide bonds. The third-order valence-corrected chi connectivity index (χ3v) is 5.44. The molecule has 0 saturated carbocycles. The van der Waals surface area contributed by atoms with Crippen molar-refractivity contribution in [3.8, 4) is 0 Å². The number of alkyl halides is 2. The number of allylic oxidation sites excluding steroid dienone is 4. The van der Waals surface area contributed by atoms with Crippen LogP contribution in [0.25, 0.3) is 5.57 Å². The number of fused-ring (bicyclic) bond motifs is 1. The van der Waals surface area contributed by atoms with E-state index in [1.54, 1.807) is 25.4 Å². The van der Waals surface area contributed by atoms with Gasteiger partial charge in [0.05, 0.1) is 5.69 Å². The number of primary amides is 1. The van der Waals surface area contributed by atoms with Crippen LogP contribution in [0.2, 0.25) is 0 Å². The number of amides is 1. The molecule has 2 N–H and O–H groups in total. The number of carbonyl (C=O) groups is 1. The van der Waals surface area contributed by atoms with Gasteiger partial charge < -0.3 is 5.73 Å². The number of rotatable bonds is 7. The molecule has 32 heavy (non-hydrogen) atoms. The van der Waals surface area contributed by atoms with Crippen molar-refractivity contribution in [2.75, 3.05) is 13.6 Å². The van der Waals surface area contributed by atoms with E-state index in [0.29, 0.717) is 19.5 Å². The van der Waals surface area contributed by atoms with E-state index in [9.17, 15) is 13.6 Å². The Morgan fingerprint density at radius 1 is 1.41 bits per heavy atom. The Morgan fingerprint density at radius 3 is 2.84 bits per heavy atom. The molecule has 1 unspecified atom stereocenters. The largest absolute Gasteiger partial charge is 0.364 e. The minimum Gasteiger partial charge on any atom is -0.364 e. The third-order valence-electron chi connectivity index (χ3n) is 5.15. The first kappa shape index (κ1) is 23.8. The highest BCUT2D eigenvalue weighted by molar-refractivity contribution is 7.17. The molecule has 2 aromatic heterocycles. The molecule has 1 atom stereocenters. The van der Waals surface area contributed by atoms with Gasteiger partial charge in [-0.15, -0.1) is 0 Å². The summed E-state index contributed by atoms with van der Waals surface area (Å²) in [5.41, 5.74) is 6.74. The van der Waals surface area contributed by atoms with Gasteiger partial charge in [0.15, 0.2) is 0 Å². The molecular weight excluding hydrogens is 431 g/mol. The van der Waals surface area contributed by atoms with Crippen LogP contribution in [-0.2, 0) is 25.2 Å². The Hall–Kier alpha value is -2.83. The van der Waals surface area contributed by atoms with Crippen LogP contribution >= 0.6 is 9.24 Å². The molecule has 0 fully saturated rings. The molecule has 0 aromatic carbocycles. The summed E-state index contributed by atoms with van der Waals surface area (Å²) in [6.07, 6.45) is 9.55. The number of nitrogens with two attached hydrogens (primary N) is 1. The standard InChI is InChI=1S/C23H26F2N5OP/c1-3-4-16(6-8-27-2)18-12-19(22(26)31)29-20-14-30(10-7-17(18)20)13-15-5-9-28-21(11-15)23(24,25)32/h3-6,8-9,11-12H,7,10,13-14,32H2,1-2H3,(H2,26,31)/b4-3+,16-6+,27-8?. The summed E-state index contributed by atoms with van der Waals surface area (Å²) < 4.78 is 27.2. The summed E-state index contributed by atoms with van der Waals surface area (Å²) in [6, 6.07) is 4.87. The topological polar surface area (TPSA) is 84.5 Å². The van der Waals surface area contributed by atoms with Crippen LogP contribution in [0.1, 0.15) is 45.5 Å². The van der Waals surface area contributed by atoms with E-state index in [-0.39, 0.29) is 11.4 Å². The Morgan fingerprint density at radius 2 is 2.19 bits per heavy atom. The monoisotopic (exact) mass is 457 g/mol. The van der Waals surface area contributed by atoms with Gasteiger partial charge in [-0.1, -0.05) is 21.4 Å². The fourth-order valence-corrected chi connectivity index (χ4v) is 3.85. The van der Waals surface area contributed by atoms with Gasteiger partial charge >= 0.3 is 0 Å². The lowest BCUT2D eigenvalue weighted by atomic mass is 9.92. The Labute approximate surface area is 188 Å². The second-order valence-corrected chi connectivity index (χ2v) is 8.23. The number of hydrogen-bond donors (Lipinski definition) is 1. The van der Waals surface area contributed by atoms with Crippen molar-refractivity contribution >= 4 is 26.9 Å². The zero-order chi connectivity index (χ0) is 23.3. The van der Waals surface area contributed by atoms with Crippen molar-refractivity contribution in [2.45, 2.75) is 32.1 Å². The first-order chi connectivity index (χ1) is 15.2. The number of aromatic nitrogens is 2. The third kappa shape index (κ3) is 5.69. The first-order valence-electron chi connectivity index (χ1n) is 10.2. The highest BCUT2D eigenvalue weighted by Gasteiger charge is 2.27. The molecule has 0 aliphatic carbocycles. The summed E-state index contributed by atoms with van der Waals surface area (Å²) in [5.74, 6) is -0.600. The molecule has 0 spiro atoms. The summed E-state index contributed by atoms with van der Waals surface area (Å²) in [5, 5.41) is 0. The Balaban J connectivity index is 1.95. The number of pyridine rings is 2. The lowest BCUT2D eigenvalue weighted by Gasteiger charge is -2.30. The molecule has 3 rings (SSSR count). The second kappa shape index (κ2) is 10.2. The fourth-order valence-electron chi connectivity index (χ4n) is 3.70. The minimum absolute atomic E-state index is 0.193. The molecule has 1 aliphatic heterocycles. The van der Waals surface area contributed by atoms with Crippen LogP contribution in [-0.4, -0.2) is 40.6 Å². The van der Waals surface area contributed by atoms with Crippen LogP contribution in [0.3, 0.4) is 0 Å². The van der Waals surface area contributed by atoms with Crippen molar-refractivity contribution in [2.24, 2.45) is 10.7 Å². The van der Waals surface area contributed by atoms with Gasteiger partial charge in [-0.3, -0.25) is 19.7 Å². The number of carbonyl (C=O) groups excluding carboxylic acids is 1. The number of halogens is 2. The predicted molar refractivity (Wildman–Crippen MR) is 126 cm³/mol. The molecule has 0 radical (unpaired) electrons. The fraction of sp³-hybridized carbons (Fsp3) is 0.304. The van der Waals surface area contributed by atoms with Crippen LogP contribution in [0.4, 0.5) is 8.78 Å². The van der Waals surface area contributed by atoms with Crippen LogP contribution in [0.5, 0.6) is 0 Å². The average molecular weight is 457 g/mol. The molecule has 3 heterocycles. The van der Waals surface area contributed by atoms with E-state index < -0.39 is 11.6 Å². The van der Waals surface area contributed by atoms with E-state index in [4.69, 9.17) is 5.73 Å². The summed E-state index contributed by atoms with van der Waals surface area (Å²) >= 11 is 0. The highest BCUT2D eigenvalue weighted by Crippen LogP contribution is 2.34. The SMILES string of the molecule is C/C=C/C(=C\C=NC)c1cc(C(N)=O)nc2c1CCN(Cc1ccnc(C(F)(F)P)c1)C2. The zero-order valence-corrected chi connectivity index (χ0v) is 19.2. The average Bonchev–Trinajstić information content (AvgIpc) is 2.75. The van der Waals surface area contributed by atoms with Gasteiger partial charge in [0, 0.05) is 39.1 Å². The number of aliphatic imine (C=N–C) groups is 1. The summed E-state index contributed by atoms with van der Waals surface area (Å²) in [7, 11) is 3.20.